The van der Waals surface area contributed by atoms with Gasteiger partial charge in [0.2, 0.25) is 5.91 Å². The van der Waals surface area contributed by atoms with Crippen LogP contribution in [0.2, 0.25) is 0 Å². The lowest BCUT2D eigenvalue weighted by atomic mass is 10.1. The number of rotatable bonds is 6. The standard InChI is InChI=1S/C23H25N5O3/c1-31-23(30)27-18(14-16-9-11-24-12-10-16)22(29)28-13-5-8-20(28)21-25-15-19(26-21)17-6-3-2-4-7-17/h2-4,6-7,9-12,15,18,20H,5,8,13-14H2,1H3,(H,25,26)(H,27,30)/t18-,20-/m0/s1. The molecular weight excluding hydrogens is 394 g/mol. The number of likely N-dealkylation sites (tertiary alicyclic amines) is 1. The van der Waals surface area contributed by atoms with E-state index in [0.29, 0.717) is 13.0 Å². The summed E-state index contributed by atoms with van der Waals surface area (Å²) in [4.78, 5) is 39.1. The summed E-state index contributed by atoms with van der Waals surface area (Å²) in [5, 5.41) is 2.69. The fourth-order valence-corrected chi connectivity index (χ4v) is 3.94. The number of benzene rings is 1. The summed E-state index contributed by atoms with van der Waals surface area (Å²) in [6.07, 6.45) is 6.54. The normalized spacial score (nSPS) is 16.7. The molecule has 0 spiro atoms. The molecule has 2 N–H and O–H groups in total. The van der Waals surface area contributed by atoms with Gasteiger partial charge in [0.05, 0.1) is 25.0 Å². The molecule has 2 aromatic heterocycles. The van der Waals surface area contributed by atoms with E-state index in [1.165, 1.54) is 7.11 Å². The highest BCUT2D eigenvalue weighted by Crippen LogP contribution is 2.32. The maximum Gasteiger partial charge on any atom is 0.407 e. The number of nitrogens with zero attached hydrogens (tertiary/aromatic N) is 3. The number of carbonyl (C=O) groups is 2. The van der Waals surface area contributed by atoms with Crippen molar-refractivity contribution in [2.24, 2.45) is 0 Å². The predicted octanol–water partition coefficient (Wildman–Crippen LogP) is 3.10. The van der Waals surface area contributed by atoms with Gasteiger partial charge in [0, 0.05) is 25.4 Å². The van der Waals surface area contributed by atoms with Crippen molar-refractivity contribution in [1.29, 1.82) is 0 Å². The van der Waals surface area contributed by atoms with Crippen molar-refractivity contribution in [1.82, 2.24) is 25.2 Å². The Kier molecular flexibility index (Phi) is 6.26. The first-order chi connectivity index (χ1) is 15.2. The van der Waals surface area contributed by atoms with Crippen LogP contribution in [-0.2, 0) is 16.0 Å². The number of amides is 2. The molecule has 1 fully saturated rings. The molecule has 0 radical (unpaired) electrons. The fourth-order valence-electron chi connectivity index (χ4n) is 3.94. The number of ether oxygens (including phenoxy) is 1. The van der Waals surface area contributed by atoms with Crippen molar-refractivity contribution in [3.8, 4) is 11.3 Å². The number of imidazole rings is 1. The van der Waals surface area contributed by atoms with Gasteiger partial charge in [-0.3, -0.25) is 9.78 Å². The number of carbonyl (C=O) groups excluding carboxylic acids is 2. The number of pyridine rings is 1. The third kappa shape index (κ3) is 4.74. The third-order valence-electron chi connectivity index (χ3n) is 5.50. The largest absolute Gasteiger partial charge is 0.453 e. The van der Waals surface area contributed by atoms with Gasteiger partial charge in [-0.25, -0.2) is 9.78 Å². The van der Waals surface area contributed by atoms with Crippen molar-refractivity contribution in [3.05, 3.63) is 72.4 Å². The van der Waals surface area contributed by atoms with Crippen molar-refractivity contribution < 1.29 is 14.3 Å². The van der Waals surface area contributed by atoms with Crippen LogP contribution in [0.3, 0.4) is 0 Å². The molecule has 1 aliphatic heterocycles. The van der Waals surface area contributed by atoms with Gasteiger partial charge in [0.25, 0.3) is 0 Å². The Morgan fingerprint density at radius 2 is 2.00 bits per heavy atom. The van der Waals surface area contributed by atoms with Crippen LogP contribution in [0, 0.1) is 0 Å². The minimum atomic E-state index is -0.737. The van der Waals surface area contributed by atoms with Crippen molar-refractivity contribution >= 4 is 12.0 Å². The molecule has 0 saturated carbocycles. The van der Waals surface area contributed by atoms with Crippen LogP contribution < -0.4 is 5.32 Å². The molecule has 0 unspecified atom stereocenters. The van der Waals surface area contributed by atoms with E-state index in [1.54, 1.807) is 23.5 Å². The van der Waals surface area contributed by atoms with E-state index in [9.17, 15) is 9.59 Å². The number of aromatic nitrogens is 3. The lowest BCUT2D eigenvalue weighted by Gasteiger charge is -2.28. The highest BCUT2D eigenvalue weighted by atomic mass is 16.5. The summed E-state index contributed by atoms with van der Waals surface area (Å²) in [6, 6.07) is 12.7. The second-order valence-electron chi connectivity index (χ2n) is 7.49. The molecule has 2 amide bonds. The van der Waals surface area contributed by atoms with Gasteiger partial charge in [0.1, 0.15) is 11.9 Å². The molecule has 160 valence electrons. The van der Waals surface area contributed by atoms with Crippen LogP contribution in [0.5, 0.6) is 0 Å². The van der Waals surface area contributed by atoms with Crippen LogP contribution in [0.25, 0.3) is 11.3 Å². The Morgan fingerprint density at radius 1 is 1.23 bits per heavy atom. The molecule has 0 bridgehead atoms. The van der Waals surface area contributed by atoms with E-state index in [1.807, 2.05) is 42.5 Å². The molecule has 2 atom stereocenters. The highest BCUT2D eigenvalue weighted by molar-refractivity contribution is 5.86. The molecule has 8 heteroatoms. The Balaban J connectivity index is 1.54. The van der Waals surface area contributed by atoms with Crippen LogP contribution in [-0.4, -0.2) is 51.5 Å². The summed E-state index contributed by atoms with van der Waals surface area (Å²) < 4.78 is 4.74. The lowest BCUT2D eigenvalue weighted by Crippen LogP contribution is -2.49. The quantitative estimate of drug-likeness (QED) is 0.639. The zero-order chi connectivity index (χ0) is 21.6. The molecule has 3 heterocycles. The molecule has 0 aliphatic carbocycles. The smallest absolute Gasteiger partial charge is 0.407 e. The Hall–Kier alpha value is -3.68. The van der Waals surface area contributed by atoms with Crippen LogP contribution in [0.4, 0.5) is 4.79 Å². The second kappa shape index (κ2) is 9.42. The van der Waals surface area contributed by atoms with Crippen LogP contribution in [0.15, 0.2) is 61.1 Å². The molecule has 3 aromatic rings. The first kappa shape index (κ1) is 20.6. The molecule has 8 nitrogen and oxygen atoms in total. The van der Waals surface area contributed by atoms with E-state index in [4.69, 9.17) is 4.74 Å². The maximum absolute atomic E-state index is 13.5. The predicted molar refractivity (Wildman–Crippen MR) is 115 cm³/mol. The van der Waals surface area contributed by atoms with Gasteiger partial charge < -0.3 is 19.9 Å². The minimum Gasteiger partial charge on any atom is -0.453 e. The minimum absolute atomic E-state index is 0.151. The molecule has 1 aromatic carbocycles. The molecular formula is C23H25N5O3. The summed E-state index contributed by atoms with van der Waals surface area (Å²) in [5.74, 6) is 0.604. The van der Waals surface area contributed by atoms with Crippen molar-refractivity contribution in [2.45, 2.75) is 31.3 Å². The van der Waals surface area contributed by atoms with Gasteiger partial charge >= 0.3 is 6.09 Å². The molecule has 31 heavy (non-hydrogen) atoms. The number of methoxy groups -OCH3 is 1. The average Bonchev–Trinajstić information content (AvgIpc) is 3.49. The number of hydrogen-bond donors (Lipinski definition) is 2. The zero-order valence-corrected chi connectivity index (χ0v) is 17.3. The number of nitrogens with one attached hydrogen (secondary N) is 2. The Labute approximate surface area is 180 Å². The van der Waals surface area contributed by atoms with Gasteiger partial charge in [-0.2, -0.15) is 0 Å². The molecule has 4 rings (SSSR count). The summed E-state index contributed by atoms with van der Waals surface area (Å²) >= 11 is 0. The summed E-state index contributed by atoms with van der Waals surface area (Å²) in [6.45, 7) is 0.612. The summed E-state index contributed by atoms with van der Waals surface area (Å²) in [7, 11) is 1.29. The fraction of sp³-hybridized carbons (Fsp3) is 0.304. The second-order valence-corrected chi connectivity index (χ2v) is 7.49. The average molecular weight is 419 g/mol. The van der Waals surface area contributed by atoms with Gasteiger partial charge in [0.15, 0.2) is 0 Å². The highest BCUT2D eigenvalue weighted by Gasteiger charge is 2.36. The van der Waals surface area contributed by atoms with E-state index in [2.05, 4.69) is 20.3 Å². The van der Waals surface area contributed by atoms with E-state index in [-0.39, 0.29) is 11.9 Å². The van der Waals surface area contributed by atoms with Gasteiger partial charge in [-0.05, 0) is 36.1 Å². The first-order valence-corrected chi connectivity index (χ1v) is 10.3. The lowest BCUT2D eigenvalue weighted by molar-refractivity contribution is -0.134. The first-order valence-electron chi connectivity index (χ1n) is 10.3. The Morgan fingerprint density at radius 3 is 2.74 bits per heavy atom. The molecule has 1 saturated heterocycles. The van der Waals surface area contributed by atoms with Gasteiger partial charge in [-0.15, -0.1) is 0 Å². The van der Waals surface area contributed by atoms with E-state index in [0.717, 1.165) is 35.5 Å². The van der Waals surface area contributed by atoms with E-state index >= 15 is 0 Å². The third-order valence-corrected chi connectivity index (χ3v) is 5.50. The van der Waals surface area contributed by atoms with Gasteiger partial charge in [-0.1, -0.05) is 30.3 Å². The molecule has 1 aliphatic rings. The topological polar surface area (TPSA) is 100 Å². The summed E-state index contributed by atoms with van der Waals surface area (Å²) in [5.41, 5.74) is 2.86. The SMILES string of the molecule is COC(=O)N[C@@H](Cc1ccncc1)C(=O)N1CCC[C@H]1c1ncc(-c2ccccc2)[nH]1. The number of H-pyrrole nitrogens is 1. The number of alkyl carbamates (subject to hydrolysis) is 1. The van der Waals surface area contributed by atoms with E-state index < -0.39 is 12.1 Å². The maximum atomic E-state index is 13.5. The number of hydrogen-bond acceptors (Lipinski definition) is 5. The van der Waals surface area contributed by atoms with Crippen LogP contribution in [0.1, 0.15) is 30.3 Å². The van der Waals surface area contributed by atoms with Crippen molar-refractivity contribution in [2.75, 3.05) is 13.7 Å². The Bertz CT molecular complexity index is 1020. The van der Waals surface area contributed by atoms with Crippen molar-refractivity contribution in [3.63, 3.8) is 0 Å². The van der Waals surface area contributed by atoms with Crippen LogP contribution >= 0.6 is 0 Å². The number of aromatic amines is 1. The monoisotopic (exact) mass is 419 g/mol. The zero-order valence-electron chi connectivity index (χ0n) is 17.3.